The van der Waals surface area contributed by atoms with Gasteiger partial charge in [-0.3, -0.25) is 5.41 Å². The number of amidine groups is 2. The molecule has 0 spiro atoms. The van der Waals surface area contributed by atoms with Crippen LogP contribution in [-0.2, 0) is 0 Å². The molecule has 0 amide bonds. The summed E-state index contributed by atoms with van der Waals surface area (Å²) >= 11 is 0. The molecule has 0 saturated heterocycles. The van der Waals surface area contributed by atoms with E-state index in [9.17, 15) is 0 Å². The first-order chi connectivity index (χ1) is 14.2. The lowest BCUT2D eigenvalue weighted by atomic mass is 9.98. The number of ether oxygens (including phenoxy) is 2. The Balaban J connectivity index is 1.95. The van der Waals surface area contributed by atoms with Gasteiger partial charge in [-0.25, -0.2) is 4.99 Å². The number of hydrogen-bond acceptors (Lipinski definition) is 4. The van der Waals surface area contributed by atoms with Gasteiger partial charge in [-0.05, 0) is 12.8 Å². The lowest BCUT2D eigenvalue weighted by molar-refractivity contribution is 0.301. The summed E-state index contributed by atoms with van der Waals surface area (Å²) in [5.41, 5.74) is 7.60. The van der Waals surface area contributed by atoms with E-state index >= 15 is 0 Å². The van der Waals surface area contributed by atoms with Crippen molar-refractivity contribution in [3.8, 4) is 11.5 Å². The van der Waals surface area contributed by atoms with E-state index in [1.165, 1.54) is 25.7 Å². The molecule has 0 bridgehead atoms. The van der Waals surface area contributed by atoms with Crippen LogP contribution in [-0.4, -0.2) is 24.9 Å². The highest BCUT2D eigenvalue weighted by molar-refractivity contribution is 6.26. The molecule has 0 aromatic heterocycles. The Morgan fingerprint density at radius 2 is 1.31 bits per heavy atom. The third kappa shape index (κ3) is 4.72. The van der Waals surface area contributed by atoms with Crippen LogP contribution in [0.5, 0.6) is 11.5 Å². The second-order valence-corrected chi connectivity index (χ2v) is 7.62. The van der Waals surface area contributed by atoms with Crippen molar-refractivity contribution in [3.05, 3.63) is 35.4 Å². The van der Waals surface area contributed by atoms with E-state index in [4.69, 9.17) is 20.6 Å². The first kappa shape index (κ1) is 21.2. The van der Waals surface area contributed by atoms with Crippen molar-refractivity contribution in [3.63, 3.8) is 0 Å². The molecule has 0 radical (unpaired) electrons. The molecular formula is C24H33N3O2. The highest BCUT2D eigenvalue weighted by Crippen LogP contribution is 2.43. The highest BCUT2D eigenvalue weighted by atomic mass is 16.5. The Labute approximate surface area is 173 Å². The van der Waals surface area contributed by atoms with Crippen molar-refractivity contribution in [1.29, 1.82) is 5.41 Å². The number of fused-ring (bicyclic) bond motifs is 2. The van der Waals surface area contributed by atoms with Crippen molar-refractivity contribution >= 4 is 22.4 Å². The zero-order valence-electron chi connectivity index (χ0n) is 17.7. The number of nitrogens with one attached hydrogen (secondary N) is 1. The molecule has 0 unspecified atom stereocenters. The normalized spacial score (nSPS) is 12.9. The maximum atomic E-state index is 8.38. The van der Waals surface area contributed by atoms with Crippen LogP contribution in [0.15, 0.2) is 29.3 Å². The SMILES string of the molecule is CCCCCCOc1c2c(c(OCCCCCC)c3ccccc13)C(N)=NC2=N. The minimum atomic E-state index is 0.155. The Kier molecular flexibility index (Phi) is 7.50. The molecule has 0 aliphatic carbocycles. The predicted octanol–water partition coefficient (Wildman–Crippen LogP) is 5.80. The molecule has 2 aromatic rings. The summed E-state index contributed by atoms with van der Waals surface area (Å²) in [6.07, 6.45) is 9.09. The van der Waals surface area contributed by atoms with Crippen LogP contribution >= 0.6 is 0 Å². The first-order valence-electron chi connectivity index (χ1n) is 11.0. The smallest absolute Gasteiger partial charge is 0.158 e. The van der Waals surface area contributed by atoms with Crippen LogP contribution < -0.4 is 15.2 Å². The number of unbranched alkanes of at least 4 members (excludes halogenated alkanes) is 6. The van der Waals surface area contributed by atoms with Gasteiger partial charge in [-0.15, -0.1) is 0 Å². The molecule has 156 valence electrons. The third-order valence-corrected chi connectivity index (χ3v) is 5.33. The van der Waals surface area contributed by atoms with E-state index < -0.39 is 0 Å². The van der Waals surface area contributed by atoms with E-state index in [0.29, 0.717) is 35.9 Å². The van der Waals surface area contributed by atoms with Gasteiger partial charge in [-0.1, -0.05) is 76.6 Å². The minimum Gasteiger partial charge on any atom is -0.492 e. The van der Waals surface area contributed by atoms with Gasteiger partial charge >= 0.3 is 0 Å². The fourth-order valence-electron chi connectivity index (χ4n) is 3.78. The molecule has 3 N–H and O–H groups in total. The van der Waals surface area contributed by atoms with E-state index in [1.54, 1.807) is 0 Å². The van der Waals surface area contributed by atoms with Crippen molar-refractivity contribution in [2.75, 3.05) is 13.2 Å². The zero-order valence-corrected chi connectivity index (χ0v) is 17.7. The van der Waals surface area contributed by atoms with Crippen LogP contribution in [0.1, 0.15) is 76.3 Å². The average Bonchev–Trinajstić information content (AvgIpc) is 3.02. The maximum Gasteiger partial charge on any atom is 0.158 e. The molecular weight excluding hydrogens is 362 g/mol. The fourth-order valence-corrected chi connectivity index (χ4v) is 3.78. The van der Waals surface area contributed by atoms with Crippen molar-refractivity contribution in [2.45, 2.75) is 65.2 Å². The van der Waals surface area contributed by atoms with E-state index in [-0.39, 0.29) is 5.84 Å². The molecule has 1 aliphatic heterocycles. The Morgan fingerprint density at radius 3 is 1.83 bits per heavy atom. The lowest BCUT2D eigenvalue weighted by Crippen LogP contribution is -2.14. The molecule has 3 rings (SSSR count). The molecule has 0 saturated carbocycles. The lowest BCUT2D eigenvalue weighted by Gasteiger charge is -2.19. The van der Waals surface area contributed by atoms with Crippen molar-refractivity contribution in [1.82, 2.24) is 0 Å². The monoisotopic (exact) mass is 395 g/mol. The van der Waals surface area contributed by atoms with Gasteiger partial charge in [0, 0.05) is 10.8 Å². The van der Waals surface area contributed by atoms with Crippen LogP contribution in [0.25, 0.3) is 10.8 Å². The van der Waals surface area contributed by atoms with Crippen LogP contribution in [0.3, 0.4) is 0 Å². The van der Waals surface area contributed by atoms with Gasteiger partial charge in [0.05, 0.1) is 24.3 Å². The molecule has 5 heteroatoms. The molecule has 0 fully saturated rings. The van der Waals surface area contributed by atoms with Crippen molar-refractivity contribution < 1.29 is 9.47 Å². The second-order valence-electron chi connectivity index (χ2n) is 7.62. The topological polar surface area (TPSA) is 80.7 Å². The summed E-state index contributed by atoms with van der Waals surface area (Å²) in [6, 6.07) is 8.06. The molecule has 1 aliphatic rings. The summed E-state index contributed by atoms with van der Waals surface area (Å²) in [5, 5.41) is 10.3. The standard InChI is InChI=1S/C24H33N3O2/c1-3-5-7-11-15-28-21-17-13-9-10-14-18(17)22(29-16-12-8-6-4-2)20-19(21)23(25)27-24(20)26/h9-10,13-14H,3-8,11-12,15-16H2,1-2H3,(H3,25,26,27). The number of rotatable bonds is 12. The van der Waals surface area contributed by atoms with E-state index in [0.717, 1.165) is 42.2 Å². The number of nitrogens with two attached hydrogens (primary N) is 1. The largest absolute Gasteiger partial charge is 0.492 e. The highest BCUT2D eigenvalue weighted by Gasteiger charge is 2.30. The molecule has 0 atom stereocenters. The number of aliphatic imine (C=N–C) groups is 1. The maximum absolute atomic E-state index is 8.38. The van der Waals surface area contributed by atoms with E-state index in [1.807, 2.05) is 24.3 Å². The fraction of sp³-hybridized carbons (Fsp3) is 0.500. The summed E-state index contributed by atoms with van der Waals surface area (Å²) in [4.78, 5) is 4.23. The van der Waals surface area contributed by atoms with Crippen molar-refractivity contribution in [2.24, 2.45) is 10.7 Å². The van der Waals surface area contributed by atoms with Gasteiger partial charge in [0.15, 0.2) is 5.84 Å². The molecule has 29 heavy (non-hydrogen) atoms. The van der Waals surface area contributed by atoms with Gasteiger partial charge in [0.1, 0.15) is 17.3 Å². The van der Waals surface area contributed by atoms with Gasteiger partial charge in [0.2, 0.25) is 0 Å². The van der Waals surface area contributed by atoms with Crippen LogP contribution in [0.4, 0.5) is 0 Å². The Bertz CT molecular complexity index is 889. The van der Waals surface area contributed by atoms with E-state index in [2.05, 4.69) is 18.8 Å². The number of benzene rings is 2. The number of nitrogens with zero attached hydrogens (tertiary/aromatic N) is 1. The van der Waals surface area contributed by atoms with Crippen LogP contribution in [0, 0.1) is 5.41 Å². The zero-order chi connectivity index (χ0) is 20.6. The first-order valence-corrected chi connectivity index (χ1v) is 11.0. The second kappa shape index (κ2) is 10.3. The quantitative estimate of drug-likeness (QED) is 0.445. The summed E-state index contributed by atoms with van der Waals surface area (Å²) in [5.74, 6) is 1.94. The molecule has 1 heterocycles. The number of hydrogen-bond donors (Lipinski definition) is 2. The molecule has 2 aromatic carbocycles. The minimum absolute atomic E-state index is 0.155. The summed E-state index contributed by atoms with van der Waals surface area (Å²) in [6.45, 7) is 5.66. The van der Waals surface area contributed by atoms with Gasteiger partial charge in [0.25, 0.3) is 0 Å². The average molecular weight is 396 g/mol. The van der Waals surface area contributed by atoms with Gasteiger partial charge < -0.3 is 15.2 Å². The van der Waals surface area contributed by atoms with Gasteiger partial charge in [-0.2, -0.15) is 0 Å². The molecule has 5 nitrogen and oxygen atoms in total. The summed E-state index contributed by atoms with van der Waals surface area (Å²) in [7, 11) is 0. The summed E-state index contributed by atoms with van der Waals surface area (Å²) < 4.78 is 12.4. The Hall–Kier alpha value is -2.56. The Morgan fingerprint density at radius 1 is 0.793 bits per heavy atom. The third-order valence-electron chi connectivity index (χ3n) is 5.33. The van der Waals surface area contributed by atoms with Crippen LogP contribution in [0.2, 0.25) is 0 Å². The predicted molar refractivity (Wildman–Crippen MR) is 121 cm³/mol.